The highest BCUT2D eigenvalue weighted by Gasteiger charge is 2.35. The molecule has 0 radical (unpaired) electrons. The van der Waals surface area contributed by atoms with Gasteiger partial charge < -0.3 is 15.2 Å². The number of halogens is 3. The second-order valence-electron chi connectivity index (χ2n) is 11.0. The molecule has 0 bridgehead atoms. The number of carbonyl (C=O) groups is 2. The molecule has 1 unspecified atom stereocenters. The Morgan fingerprint density at radius 1 is 0.944 bits per heavy atom. The molecule has 4 rings (SSSR count). The van der Waals surface area contributed by atoms with Crippen LogP contribution in [0.25, 0.3) is 0 Å². The second-order valence-corrected chi connectivity index (χ2v) is 11.0. The van der Waals surface area contributed by atoms with Gasteiger partial charge in [0.15, 0.2) is 0 Å². The number of benzene rings is 2. The Morgan fingerprint density at radius 3 is 2.25 bits per heavy atom. The smallest absolute Gasteiger partial charge is 0.478 e. The molecular formula is C28H32F3NO4. The SMILES string of the molecule is CC(C)(C)C1CCC(c2cc(OC(F)(F)F)ccc2C(=O)NC2CCc3cc(C(=O)O)ccc32)CC1. The van der Waals surface area contributed by atoms with E-state index in [2.05, 4.69) is 30.8 Å². The van der Waals surface area contributed by atoms with Gasteiger partial charge in [-0.15, -0.1) is 13.2 Å². The van der Waals surface area contributed by atoms with Gasteiger partial charge in [-0.05, 0) is 103 Å². The fraction of sp³-hybridized carbons (Fsp3) is 0.500. The second kappa shape index (κ2) is 9.79. The van der Waals surface area contributed by atoms with Gasteiger partial charge in [-0.2, -0.15) is 0 Å². The van der Waals surface area contributed by atoms with Crippen molar-refractivity contribution in [2.45, 2.75) is 77.6 Å². The van der Waals surface area contributed by atoms with Crippen molar-refractivity contribution >= 4 is 11.9 Å². The zero-order chi connectivity index (χ0) is 26.3. The van der Waals surface area contributed by atoms with Crippen molar-refractivity contribution in [3.63, 3.8) is 0 Å². The highest BCUT2D eigenvalue weighted by molar-refractivity contribution is 5.96. The highest BCUT2D eigenvalue weighted by atomic mass is 19.4. The van der Waals surface area contributed by atoms with E-state index in [4.69, 9.17) is 0 Å². The molecule has 5 nitrogen and oxygen atoms in total. The first-order chi connectivity index (χ1) is 16.8. The van der Waals surface area contributed by atoms with Crippen molar-refractivity contribution in [2.24, 2.45) is 11.3 Å². The molecule has 194 valence electrons. The quantitative estimate of drug-likeness (QED) is 0.460. The number of aryl methyl sites for hydroxylation is 1. The lowest BCUT2D eigenvalue weighted by atomic mass is 9.68. The molecule has 2 N–H and O–H groups in total. The third-order valence-corrected chi connectivity index (χ3v) is 7.67. The molecule has 0 spiro atoms. The number of fused-ring (bicyclic) bond motifs is 1. The molecule has 1 atom stereocenters. The van der Waals surface area contributed by atoms with Crippen LogP contribution in [0.3, 0.4) is 0 Å². The maximum absolute atomic E-state index is 13.4. The van der Waals surface area contributed by atoms with Crippen LogP contribution in [0.4, 0.5) is 13.2 Å². The summed E-state index contributed by atoms with van der Waals surface area (Å²) in [7, 11) is 0. The van der Waals surface area contributed by atoms with E-state index in [0.29, 0.717) is 29.9 Å². The summed E-state index contributed by atoms with van der Waals surface area (Å²) in [6, 6.07) is 8.57. The first-order valence-corrected chi connectivity index (χ1v) is 12.4. The van der Waals surface area contributed by atoms with Gasteiger partial charge in [-0.1, -0.05) is 26.8 Å². The molecule has 8 heteroatoms. The fourth-order valence-electron chi connectivity index (χ4n) is 5.69. The molecule has 2 aliphatic rings. The average Bonchev–Trinajstić information content (AvgIpc) is 3.19. The van der Waals surface area contributed by atoms with Gasteiger partial charge in [-0.25, -0.2) is 4.79 Å². The van der Waals surface area contributed by atoms with E-state index in [9.17, 15) is 27.9 Å². The largest absolute Gasteiger partial charge is 0.573 e. The number of carboxylic acid groups (broad SMARTS) is 1. The zero-order valence-corrected chi connectivity index (χ0v) is 20.7. The Hall–Kier alpha value is -3.03. The van der Waals surface area contributed by atoms with Crippen LogP contribution >= 0.6 is 0 Å². The van der Waals surface area contributed by atoms with Gasteiger partial charge in [0.2, 0.25) is 0 Å². The van der Waals surface area contributed by atoms with E-state index >= 15 is 0 Å². The van der Waals surface area contributed by atoms with Crippen molar-refractivity contribution in [2.75, 3.05) is 0 Å². The van der Waals surface area contributed by atoms with Gasteiger partial charge in [-0.3, -0.25) is 4.79 Å². The maximum Gasteiger partial charge on any atom is 0.573 e. The van der Waals surface area contributed by atoms with Crippen LogP contribution in [-0.2, 0) is 6.42 Å². The van der Waals surface area contributed by atoms with Crippen LogP contribution < -0.4 is 10.1 Å². The number of carboxylic acids is 1. The van der Waals surface area contributed by atoms with Crippen LogP contribution in [0.2, 0.25) is 0 Å². The lowest BCUT2D eigenvalue weighted by Gasteiger charge is -2.37. The van der Waals surface area contributed by atoms with Gasteiger partial charge in [0.1, 0.15) is 5.75 Å². The molecule has 36 heavy (non-hydrogen) atoms. The fourth-order valence-corrected chi connectivity index (χ4v) is 5.69. The molecule has 2 aromatic rings. The number of hydrogen-bond donors (Lipinski definition) is 2. The van der Waals surface area contributed by atoms with E-state index < -0.39 is 12.3 Å². The van der Waals surface area contributed by atoms with E-state index in [1.54, 1.807) is 12.1 Å². The van der Waals surface area contributed by atoms with E-state index in [0.717, 1.165) is 36.8 Å². The molecular weight excluding hydrogens is 471 g/mol. The Morgan fingerprint density at radius 2 is 1.64 bits per heavy atom. The number of alkyl halides is 3. The van der Waals surface area contributed by atoms with Crippen molar-refractivity contribution in [1.82, 2.24) is 5.32 Å². The Balaban J connectivity index is 1.58. The first kappa shape index (κ1) is 26.0. The van der Waals surface area contributed by atoms with Gasteiger partial charge >= 0.3 is 12.3 Å². The zero-order valence-electron chi connectivity index (χ0n) is 20.7. The van der Waals surface area contributed by atoms with Crippen LogP contribution in [0, 0.1) is 11.3 Å². The summed E-state index contributed by atoms with van der Waals surface area (Å²) in [5, 5.41) is 12.3. The monoisotopic (exact) mass is 503 g/mol. The molecule has 1 amide bonds. The molecule has 0 aliphatic heterocycles. The third-order valence-electron chi connectivity index (χ3n) is 7.67. The molecule has 0 saturated heterocycles. The van der Waals surface area contributed by atoms with Crippen molar-refractivity contribution in [3.05, 3.63) is 64.2 Å². The summed E-state index contributed by atoms with van der Waals surface area (Å²) >= 11 is 0. The molecule has 2 aliphatic carbocycles. The number of rotatable bonds is 5. The Labute approximate surface area is 209 Å². The van der Waals surface area contributed by atoms with E-state index in [1.807, 2.05) is 0 Å². The predicted molar refractivity (Wildman–Crippen MR) is 129 cm³/mol. The van der Waals surface area contributed by atoms with E-state index in [1.165, 1.54) is 24.3 Å². The first-order valence-electron chi connectivity index (χ1n) is 12.4. The number of ether oxygens (including phenoxy) is 1. The Kier molecular flexibility index (Phi) is 7.08. The molecule has 1 fully saturated rings. The van der Waals surface area contributed by atoms with Crippen LogP contribution in [-0.4, -0.2) is 23.3 Å². The van der Waals surface area contributed by atoms with Crippen molar-refractivity contribution < 1.29 is 32.6 Å². The molecule has 0 heterocycles. The van der Waals surface area contributed by atoms with E-state index in [-0.39, 0.29) is 34.6 Å². The van der Waals surface area contributed by atoms with Gasteiger partial charge in [0.25, 0.3) is 5.91 Å². The summed E-state index contributed by atoms with van der Waals surface area (Å²) in [6.45, 7) is 6.61. The molecule has 2 aromatic carbocycles. The Bertz CT molecular complexity index is 1140. The number of nitrogens with one attached hydrogen (secondary N) is 1. The summed E-state index contributed by atoms with van der Waals surface area (Å²) in [5.74, 6) is -1.18. The van der Waals surface area contributed by atoms with Crippen LogP contribution in [0.15, 0.2) is 36.4 Å². The van der Waals surface area contributed by atoms with Gasteiger partial charge in [0, 0.05) is 5.56 Å². The number of amides is 1. The van der Waals surface area contributed by atoms with Crippen molar-refractivity contribution in [3.8, 4) is 5.75 Å². The summed E-state index contributed by atoms with van der Waals surface area (Å²) in [5.41, 5.74) is 3.06. The number of carbonyl (C=O) groups excluding carboxylic acids is 1. The summed E-state index contributed by atoms with van der Waals surface area (Å²) in [6.07, 6.45) is -0.0605. The number of aromatic carboxylic acids is 1. The lowest BCUT2D eigenvalue weighted by molar-refractivity contribution is -0.274. The standard InChI is InChI=1S/C28H32F3NO4/c1-27(2,3)19-8-4-16(5-9-19)23-15-20(36-28(29,30)31)10-12-22(23)25(33)32-24-13-7-17-14-18(26(34)35)6-11-21(17)24/h6,10-12,14-16,19,24H,4-5,7-9,13H2,1-3H3,(H,32,33)(H,34,35). The van der Waals surface area contributed by atoms with Crippen molar-refractivity contribution in [1.29, 1.82) is 0 Å². The number of hydrogen-bond acceptors (Lipinski definition) is 3. The molecule has 0 aromatic heterocycles. The minimum Gasteiger partial charge on any atom is -0.478 e. The van der Waals surface area contributed by atoms with Crippen LogP contribution in [0.1, 0.15) is 102 Å². The maximum atomic E-state index is 13.4. The lowest BCUT2D eigenvalue weighted by Crippen LogP contribution is -2.30. The predicted octanol–water partition coefficient (Wildman–Crippen LogP) is 7.02. The molecule has 1 saturated carbocycles. The minimum absolute atomic E-state index is 0.0323. The normalized spacial score (nSPS) is 22.1. The summed E-state index contributed by atoms with van der Waals surface area (Å²) in [4.78, 5) is 24.7. The average molecular weight is 504 g/mol. The van der Waals surface area contributed by atoms with Gasteiger partial charge in [0.05, 0.1) is 11.6 Å². The minimum atomic E-state index is -4.81. The topological polar surface area (TPSA) is 75.6 Å². The third kappa shape index (κ3) is 5.85. The highest BCUT2D eigenvalue weighted by Crippen LogP contribution is 2.45. The van der Waals surface area contributed by atoms with Crippen LogP contribution in [0.5, 0.6) is 5.75 Å². The summed E-state index contributed by atoms with van der Waals surface area (Å²) < 4.78 is 42.9.